The van der Waals surface area contributed by atoms with Crippen molar-refractivity contribution in [2.24, 2.45) is 0 Å². The Kier molecular flexibility index (Phi) is 4.76. The number of nitrogens with one attached hydrogen (secondary N) is 2. The van der Waals surface area contributed by atoms with Gasteiger partial charge in [0.2, 0.25) is 5.91 Å². The highest BCUT2D eigenvalue weighted by Crippen LogP contribution is 2.33. The molecule has 1 spiro atoms. The van der Waals surface area contributed by atoms with Crippen LogP contribution in [0.3, 0.4) is 0 Å². The Labute approximate surface area is 166 Å². The van der Waals surface area contributed by atoms with Gasteiger partial charge in [-0.25, -0.2) is 14.5 Å². The number of nitrogens with zero attached hydrogens (tertiary/aromatic N) is 4. The Morgan fingerprint density at radius 2 is 2.04 bits per heavy atom. The molecule has 9 nitrogen and oxygen atoms in total. The van der Waals surface area contributed by atoms with Gasteiger partial charge in [0.25, 0.3) is 5.91 Å². The summed E-state index contributed by atoms with van der Waals surface area (Å²) in [5.74, 6) is -0.824. The van der Waals surface area contributed by atoms with Gasteiger partial charge in [0.05, 0.1) is 11.4 Å². The number of hydrogen-bond acceptors (Lipinski definition) is 5. The number of amides is 4. The number of aromatic nitrogens is 3. The van der Waals surface area contributed by atoms with Crippen LogP contribution in [0, 0.1) is 0 Å². The lowest BCUT2D eigenvalue weighted by Crippen LogP contribution is -2.48. The predicted molar refractivity (Wildman–Crippen MR) is 101 cm³/mol. The number of carbonyl (C=O) groups is 3. The van der Waals surface area contributed by atoms with Crippen LogP contribution in [0.15, 0.2) is 30.9 Å². The van der Waals surface area contributed by atoms with E-state index in [1.807, 2.05) is 0 Å². The van der Waals surface area contributed by atoms with E-state index < -0.39 is 17.5 Å². The first-order chi connectivity index (χ1) is 13.5. The van der Waals surface area contributed by atoms with Crippen LogP contribution in [0.5, 0.6) is 0 Å². The maximum atomic E-state index is 12.8. The van der Waals surface area contributed by atoms with E-state index >= 15 is 0 Å². The molecule has 1 saturated carbocycles. The lowest BCUT2D eigenvalue weighted by atomic mass is 9.82. The fourth-order valence-electron chi connectivity index (χ4n) is 3.79. The third-order valence-corrected chi connectivity index (χ3v) is 5.39. The van der Waals surface area contributed by atoms with Crippen molar-refractivity contribution in [2.75, 3.05) is 11.9 Å². The molecule has 1 aliphatic heterocycles. The largest absolute Gasteiger partial charge is 0.325 e. The van der Waals surface area contributed by atoms with Crippen LogP contribution in [-0.4, -0.2) is 49.6 Å². The molecule has 1 aromatic heterocycles. The van der Waals surface area contributed by atoms with Gasteiger partial charge in [0.15, 0.2) is 0 Å². The maximum Gasteiger partial charge on any atom is 0.325 e. The zero-order valence-electron chi connectivity index (χ0n) is 15.0. The van der Waals surface area contributed by atoms with Gasteiger partial charge in [-0.2, -0.15) is 5.10 Å². The van der Waals surface area contributed by atoms with Crippen LogP contribution in [-0.2, 0) is 9.59 Å². The maximum absolute atomic E-state index is 12.8. The Morgan fingerprint density at radius 3 is 2.75 bits per heavy atom. The molecule has 1 saturated heterocycles. The molecular formula is C18H19ClN6O3. The number of imide groups is 1. The van der Waals surface area contributed by atoms with Crippen molar-refractivity contribution in [3.63, 3.8) is 0 Å². The molecule has 4 rings (SSSR count). The summed E-state index contributed by atoms with van der Waals surface area (Å²) in [4.78, 5) is 42.6. The van der Waals surface area contributed by atoms with Crippen molar-refractivity contribution < 1.29 is 14.4 Å². The SMILES string of the molecule is O=C(CN1C(=O)NC2(CCCCC2)C1=O)Nc1cc(Cl)ccc1-n1cncn1. The second kappa shape index (κ2) is 7.23. The van der Waals surface area contributed by atoms with E-state index in [0.29, 0.717) is 29.2 Å². The van der Waals surface area contributed by atoms with E-state index in [-0.39, 0.29) is 12.5 Å². The fourth-order valence-corrected chi connectivity index (χ4v) is 3.96. The molecule has 0 radical (unpaired) electrons. The van der Waals surface area contributed by atoms with Crippen LogP contribution >= 0.6 is 11.6 Å². The van der Waals surface area contributed by atoms with Crippen LogP contribution < -0.4 is 10.6 Å². The van der Waals surface area contributed by atoms with Crippen molar-refractivity contribution in [3.8, 4) is 5.69 Å². The highest BCUT2D eigenvalue weighted by atomic mass is 35.5. The quantitative estimate of drug-likeness (QED) is 0.761. The molecule has 10 heteroatoms. The molecule has 146 valence electrons. The number of halogens is 1. The van der Waals surface area contributed by atoms with Crippen molar-refractivity contribution in [1.29, 1.82) is 0 Å². The standard InChI is InChI=1S/C18H19ClN6O3/c19-12-4-5-14(25-11-20-10-21-25)13(8-12)22-15(26)9-24-16(27)18(23-17(24)28)6-2-1-3-7-18/h4-5,8,10-11H,1-3,6-7,9H2,(H,22,26)(H,23,28). The average Bonchev–Trinajstić information content (AvgIpc) is 3.27. The Balaban J connectivity index is 1.50. The van der Waals surface area contributed by atoms with Crippen LogP contribution in [0.1, 0.15) is 32.1 Å². The lowest BCUT2D eigenvalue weighted by Gasteiger charge is -2.30. The summed E-state index contributed by atoms with van der Waals surface area (Å²) in [6, 6.07) is 4.41. The smallest absolute Gasteiger partial charge is 0.323 e. The molecule has 28 heavy (non-hydrogen) atoms. The molecule has 2 heterocycles. The number of hydrogen-bond donors (Lipinski definition) is 2. The average molecular weight is 403 g/mol. The van der Waals surface area contributed by atoms with Crippen molar-refractivity contribution in [2.45, 2.75) is 37.6 Å². The van der Waals surface area contributed by atoms with E-state index in [2.05, 4.69) is 20.7 Å². The summed E-state index contributed by atoms with van der Waals surface area (Å²) in [6.45, 7) is -0.365. The van der Waals surface area contributed by atoms with Gasteiger partial charge in [0.1, 0.15) is 24.7 Å². The number of carbonyl (C=O) groups excluding carboxylic acids is 3. The molecule has 1 aromatic carbocycles. The summed E-state index contributed by atoms with van der Waals surface area (Å²) < 4.78 is 1.48. The van der Waals surface area contributed by atoms with Gasteiger partial charge in [-0.05, 0) is 31.0 Å². The Bertz CT molecular complexity index is 923. The molecule has 0 bridgehead atoms. The van der Waals surface area contributed by atoms with Gasteiger partial charge in [0, 0.05) is 5.02 Å². The zero-order valence-corrected chi connectivity index (χ0v) is 15.8. The molecule has 2 N–H and O–H groups in total. The first-order valence-electron chi connectivity index (χ1n) is 9.07. The highest BCUT2D eigenvalue weighted by molar-refractivity contribution is 6.31. The van der Waals surface area contributed by atoms with Crippen molar-refractivity contribution in [3.05, 3.63) is 35.9 Å². The van der Waals surface area contributed by atoms with E-state index in [9.17, 15) is 14.4 Å². The summed E-state index contributed by atoms with van der Waals surface area (Å²) in [5, 5.41) is 9.99. The summed E-state index contributed by atoms with van der Waals surface area (Å²) >= 11 is 6.05. The Morgan fingerprint density at radius 1 is 1.25 bits per heavy atom. The zero-order chi connectivity index (χ0) is 19.7. The molecule has 2 aliphatic rings. The summed E-state index contributed by atoms with van der Waals surface area (Å²) in [7, 11) is 0. The minimum Gasteiger partial charge on any atom is -0.323 e. The first kappa shape index (κ1) is 18.4. The van der Waals surface area contributed by atoms with Gasteiger partial charge >= 0.3 is 6.03 Å². The molecule has 2 fully saturated rings. The topological polar surface area (TPSA) is 109 Å². The van der Waals surface area contributed by atoms with Gasteiger partial charge in [-0.1, -0.05) is 30.9 Å². The second-order valence-electron chi connectivity index (χ2n) is 7.01. The van der Waals surface area contributed by atoms with Crippen molar-refractivity contribution in [1.82, 2.24) is 25.0 Å². The molecule has 0 atom stereocenters. The third kappa shape index (κ3) is 3.33. The third-order valence-electron chi connectivity index (χ3n) is 5.15. The number of benzene rings is 1. The summed E-state index contributed by atoms with van der Waals surface area (Å²) in [6.07, 6.45) is 6.90. The number of rotatable bonds is 4. The van der Waals surface area contributed by atoms with Gasteiger partial charge < -0.3 is 10.6 Å². The fraction of sp³-hybridized carbons (Fsp3) is 0.389. The molecule has 1 aliphatic carbocycles. The van der Waals surface area contributed by atoms with E-state index in [1.54, 1.807) is 18.2 Å². The Hall–Kier alpha value is -2.94. The van der Waals surface area contributed by atoms with E-state index in [4.69, 9.17) is 11.6 Å². The first-order valence-corrected chi connectivity index (χ1v) is 9.45. The lowest BCUT2D eigenvalue weighted by molar-refractivity contribution is -0.134. The monoisotopic (exact) mass is 402 g/mol. The number of urea groups is 1. The molecule has 0 unspecified atom stereocenters. The minimum absolute atomic E-state index is 0.324. The van der Waals surface area contributed by atoms with Crippen LogP contribution in [0.25, 0.3) is 5.69 Å². The van der Waals surface area contributed by atoms with E-state index in [0.717, 1.165) is 24.2 Å². The summed E-state index contributed by atoms with van der Waals surface area (Å²) in [5.41, 5.74) is 0.121. The number of anilines is 1. The molecule has 4 amide bonds. The predicted octanol–water partition coefficient (Wildman–Crippen LogP) is 2.11. The molecule has 2 aromatic rings. The van der Waals surface area contributed by atoms with Gasteiger partial charge in [-0.3, -0.25) is 14.5 Å². The minimum atomic E-state index is -0.850. The highest BCUT2D eigenvalue weighted by Gasteiger charge is 2.51. The molecular weight excluding hydrogens is 384 g/mol. The van der Waals surface area contributed by atoms with Crippen molar-refractivity contribution >= 4 is 35.1 Å². The normalized spacial score (nSPS) is 18.4. The van der Waals surface area contributed by atoms with Gasteiger partial charge in [-0.15, -0.1) is 0 Å². The van der Waals surface area contributed by atoms with Crippen LogP contribution in [0.4, 0.5) is 10.5 Å². The van der Waals surface area contributed by atoms with E-state index in [1.165, 1.54) is 17.3 Å². The second-order valence-corrected chi connectivity index (χ2v) is 7.45. The van der Waals surface area contributed by atoms with Crippen LogP contribution in [0.2, 0.25) is 5.02 Å².